The number of rotatable bonds is 4. The van der Waals surface area contributed by atoms with Crippen LogP contribution in [0.5, 0.6) is 0 Å². The Morgan fingerprint density at radius 1 is 1.45 bits per heavy atom. The van der Waals surface area contributed by atoms with Crippen LogP contribution in [-0.4, -0.2) is 26.2 Å². The van der Waals surface area contributed by atoms with Crippen LogP contribution in [0.15, 0.2) is 40.6 Å². The van der Waals surface area contributed by atoms with Crippen molar-refractivity contribution in [1.82, 2.24) is 19.7 Å². The highest BCUT2D eigenvalue weighted by atomic mass is 32.1. The molecule has 6 heteroatoms. The van der Waals surface area contributed by atoms with E-state index < -0.39 is 0 Å². The van der Waals surface area contributed by atoms with Crippen molar-refractivity contribution >= 4 is 11.3 Å². The lowest BCUT2D eigenvalue weighted by molar-refractivity contribution is 0.245. The zero-order valence-corrected chi connectivity index (χ0v) is 13.3. The van der Waals surface area contributed by atoms with Crippen LogP contribution >= 0.6 is 11.3 Å². The third-order valence-electron chi connectivity index (χ3n) is 4.12. The fraction of sp³-hybridized carbons (Fsp3) is 0.375. The number of hydrogen-bond acceptors (Lipinski definition) is 5. The summed E-state index contributed by atoms with van der Waals surface area (Å²) in [5, 5.41) is 6.34. The molecule has 1 atom stereocenters. The van der Waals surface area contributed by atoms with Gasteiger partial charge in [-0.25, -0.2) is 4.98 Å². The van der Waals surface area contributed by atoms with E-state index in [1.54, 1.807) is 17.6 Å². The van der Waals surface area contributed by atoms with Gasteiger partial charge in [0, 0.05) is 31.4 Å². The first kappa shape index (κ1) is 13.7. The number of thiophene rings is 1. The van der Waals surface area contributed by atoms with Crippen molar-refractivity contribution in [3.05, 3.63) is 47.4 Å². The van der Waals surface area contributed by atoms with Gasteiger partial charge in [0.15, 0.2) is 0 Å². The molecule has 0 spiro atoms. The maximum absolute atomic E-state index is 5.62. The SMILES string of the molecule is Cn1cc(C2CCCN2Cc2coc(-c3cccs3)n2)cn1. The molecule has 4 rings (SSSR count). The number of aromatic nitrogens is 3. The largest absolute Gasteiger partial charge is 0.444 e. The Hall–Kier alpha value is -1.92. The first-order chi connectivity index (χ1) is 10.8. The minimum absolute atomic E-state index is 0.440. The van der Waals surface area contributed by atoms with Gasteiger partial charge in [0.1, 0.15) is 6.26 Å². The third kappa shape index (κ3) is 2.60. The highest BCUT2D eigenvalue weighted by Gasteiger charge is 2.27. The summed E-state index contributed by atoms with van der Waals surface area (Å²) in [5.41, 5.74) is 2.29. The minimum Gasteiger partial charge on any atom is -0.444 e. The molecular weight excluding hydrogens is 296 g/mol. The van der Waals surface area contributed by atoms with Gasteiger partial charge < -0.3 is 4.42 Å². The molecule has 0 N–H and O–H groups in total. The second-order valence-electron chi connectivity index (χ2n) is 5.70. The van der Waals surface area contributed by atoms with E-state index in [9.17, 15) is 0 Å². The fourth-order valence-corrected chi connectivity index (χ4v) is 3.76. The smallest absolute Gasteiger partial charge is 0.236 e. The van der Waals surface area contributed by atoms with Gasteiger partial charge in [-0.3, -0.25) is 9.58 Å². The molecule has 1 aliphatic heterocycles. The van der Waals surface area contributed by atoms with E-state index in [4.69, 9.17) is 4.42 Å². The molecule has 1 fully saturated rings. The van der Waals surface area contributed by atoms with E-state index in [1.165, 1.54) is 18.4 Å². The predicted octanol–water partition coefficient (Wildman–Crippen LogP) is 3.47. The van der Waals surface area contributed by atoms with E-state index in [2.05, 4.69) is 21.2 Å². The zero-order valence-electron chi connectivity index (χ0n) is 12.5. The number of likely N-dealkylation sites (tertiary alicyclic amines) is 1. The van der Waals surface area contributed by atoms with Crippen LogP contribution in [0.25, 0.3) is 10.8 Å². The molecule has 0 bridgehead atoms. The predicted molar refractivity (Wildman–Crippen MR) is 85.4 cm³/mol. The van der Waals surface area contributed by atoms with E-state index >= 15 is 0 Å². The van der Waals surface area contributed by atoms with Gasteiger partial charge in [-0.2, -0.15) is 5.10 Å². The number of aryl methyl sites for hydroxylation is 1. The molecule has 0 aromatic carbocycles. The van der Waals surface area contributed by atoms with Gasteiger partial charge in [0.2, 0.25) is 5.89 Å². The highest BCUT2D eigenvalue weighted by molar-refractivity contribution is 7.13. The Morgan fingerprint density at radius 2 is 2.41 bits per heavy atom. The zero-order chi connectivity index (χ0) is 14.9. The summed E-state index contributed by atoms with van der Waals surface area (Å²) in [4.78, 5) is 8.18. The van der Waals surface area contributed by atoms with E-state index in [0.29, 0.717) is 6.04 Å². The monoisotopic (exact) mass is 314 g/mol. The summed E-state index contributed by atoms with van der Waals surface area (Å²) in [6.45, 7) is 1.93. The summed E-state index contributed by atoms with van der Waals surface area (Å²) in [6.07, 6.45) is 8.27. The van der Waals surface area contributed by atoms with E-state index in [1.807, 2.05) is 35.4 Å². The molecule has 5 nitrogen and oxygen atoms in total. The van der Waals surface area contributed by atoms with Gasteiger partial charge in [-0.05, 0) is 30.8 Å². The van der Waals surface area contributed by atoms with E-state index in [-0.39, 0.29) is 0 Å². The molecule has 0 amide bonds. The van der Waals surface area contributed by atoms with Crippen LogP contribution in [0.4, 0.5) is 0 Å². The molecule has 1 aliphatic rings. The van der Waals surface area contributed by atoms with Crippen LogP contribution in [0.2, 0.25) is 0 Å². The van der Waals surface area contributed by atoms with Gasteiger partial charge >= 0.3 is 0 Å². The lowest BCUT2D eigenvalue weighted by Crippen LogP contribution is -2.22. The Kier molecular flexibility index (Phi) is 3.56. The number of nitrogens with zero attached hydrogens (tertiary/aromatic N) is 4. The van der Waals surface area contributed by atoms with Gasteiger partial charge in [-0.15, -0.1) is 11.3 Å². The number of oxazole rings is 1. The van der Waals surface area contributed by atoms with Crippen LogP contribution in [0.3, 0.4) is 0 Å². The molecule has 0 aliphatic carbocycles. The molecule has 0 radical (unpaired) electrons. The number of hydrogen-bond donors (Lipinski definition) is 0. The minimum atomic E-state index is 0.440. The normalized spacial score (nSPS) is 19.0. The van der Waals surface area contributed by atoms with Gasteiger partial charge in [0.05, 0.1) is 16.8 Å². The summed E-state index contributed by atoms with van der Waals surface area (Å²) < 4.78 is 7.49. The van der Waals surface area contributed by atoms with Crippen molar-refractivity contribution in [3.63, 3.8) is 0 Å². The molecule has 1 saturated heterocycles. The maximum Gasteiger partial charge on any atom is 0.236 e. The van der Waals surface area contributed by atoms with Crippen molar-refractivity contribution < 1.29 is 4.42 Å². The summed E-state index contributed by atoms with van der Waals surface area (Å²) >= 11 is 1.65. The fourth-order valence-electron chi connectivity index (χ4n) is 3.11. The molecular formula is C16H18N4OS. The highest BCUT2D eigenvalue weighted by Crippen LogP contribution is 2.33. The first-order valence-corrected chi connectivity index (χ1v) is 8.38. The summed E-state index contributed by atoms with van der Waals surface area (Å²) in [7, 11) is 1.97. The quantitative estimate of drug-likeness (QED) is 0.740. The van der Waals surface area contributed by atoms with Crippen molar-refractivity contribution in [2.45, 2.75) is 25.4 Å². The van der Waals surface area contributed by atoms with Crippen molar-refractivity contribution in [1.29, 1.82) is 0 Å². The average Bonchev–Trinajstić information content (AvgIpc) is 3.26. The Balaban J connectivity index is 1.50. The second-order valence-corrected chi connectivity index (χ2v) is 6.64. The second kappa shape index (κ2) is 5.70. The Bertz CT molecular complexity index is 746. The van der Waals surface area contributed by atoms with Crippen LogP contribution in [0, 0.1) is 0 Å². The maximum atomic E-state index is 5.62. The molecule has 3 aromatic rings. The first-order valence-electron chi connectivity index (χ1n) is 7.50. The molecule has 22 heavy (non-hydrogen) atoms. The average molecular weight is 314 g/mol. The molecule has 114 valence electrons. The molecule has 0 saturated carbocycles. The topological polar surface area (TPSA) is 47.1 Å². The van der Waals surface area contributed by atoms with Crippen LogP contribution in [-0.2, 0) is 13.6 Å². The summed E-state index contributed by atoms with van der Waals surface area (Å²) in [6, 6.07) is 4.49. The third-order valence-corrected chi connectivity index (χ3v) is 4.98. The molecule has 1 unspecified atom stereocenters. The van der Waals surface area contributed by atoms with Crippen molar-refractivity contribution in [3.8, 4) is 10.8 Å². The lowest BCUT2D eigenvalue weighted by Gasteiger charge is -2.22. The van der Waals surface area contributed by atoms with Crippen LogP contribution in [0.1, 0.15) is 30.1 Å². The summed E-state index contributed by atoms with van der Waals surface area (Å²) in [5.74, 6) is 0.724. The lowest BCUT2D eigenvalue weighted by atomic mass is 10.1. The van der Waals surface area contributed by atoms with Crippen LogP contribution < -0.4 is 0 Å². The van der Waals surface area contributed by atoms with E-state index in [0.717, 1.165) is 29.6 Å². The van der Waals surface area contributed by atoms with Gasteiger partial charge in [0.25, 0.3) is 0 Å². The van der Waals surface area contributed by atoms with Gasteiger partial charge in [-0.1, -0.05) is 6.07 Å². The Labute approximate surface area is 133 Å². The van der Waals surface area contributed by atoms with Crippen molar-refractivity contribution in [2.24, 2.45) is 7.05 Å². The standard InChI is InChI=1S/C16H18N4OS/c1-19-9-12(8-17-19)14-4-2-6-20(14)10-13-11-21-16(18-13)15-5-3-7-22-15/h3,5,7-9,11,14H,2,4,6,10H2,1H3. The Morgan fingerprint density at radius 3 is 3.18 bits per heavy atom. The molecule has 4 heterocycles. The molecule has 3 aromatic heterocycles. The van der Waals surface area contributed by atoms with Crippen molar-refractivity contribution in [2.75, 3.05) is 6.54 Å².